The van der Waals surface area contributed by atoms with Crippen molar-refractivity contribution in [2.24, 2.45) is 11.3 Å². The molecule has 36 heavy (non-hydrogen) atoms. The predicted octanol–water partition coefficient (Wildman–Crippen LogP) is 3.07. The quantitative estimate of drug-likeness (QED) is 0.231. The van der Waals surface area contributed by atoms with Crippen LogP contribution < -0.4 is 34.5 Å². The van der Waals surface area contributed by atoms with E-state index in [9.17, 15) is 14.3 Å². The zero-order chi connectivity index (χ0) is 24.7. The number of hydrogen-bond acceptors (Lipinski definition) is 4. The minimum absolute atomic E-state index is 0. The molecule has 0 N–H and O–H groups in total. The third-order valence-electron chi connectivity index (χ3n) is 6.26. The van der Waals surface area contributed by atoms with Gasteiger partial charge in [0.1, 0.15) is 6.10 Å². The molecule has 0 saturated heterocycles. The predicted molar refractivity (Wildman–Crippen MR) is 137 cm³/mol. The fourth-order valence-electron chi connectivity index (χ4n) is 4.57. The van der Waals surface area contributed by atoms with Crippen molar-refractivity contribution in [3.63, 3.8) is 0 Å². The molecule has 3 aromatic carbocycles. The van der Waals surface area contributed by atoms with Gasteiger partial charge in [0.25, 0.3) is 0 Å². The Kier molecular flexibility index (Phi) is 10.8. The van der Waals surface area contributed by atoms with E-state index in [1.54, 1.807) is 12.2 Å². The van der Waals surface area contributed by atoms with E-state index in [0.29, 0.717) is 24.3 Å². The smallest absolute Gasteiger partial charge is 0.566 e. The van der Waals surface area contributed by atoms with Crippen LogP contribution in [0.5, 0.6) is 0 Å². The van der Waals surface area contributed by atoms with E-state index in [1.807, 2.05) is 97.1 Å². The van der Waals surface area contributed by atoms with Crippen LogP contribution in [0.15, 0.2) is 109 Å². The minimum Gasteiger partial charge on any atom is -0.566 e. The summed E-state index contributed by atoms with van der Waals surface area (Å²) in [6.07, 6.45) is 7.86. The number of benzene rings is 3. The number of carbonyl (C=O) groups excluding carboxylic acids is 1. The standard InChI is InChI=1S/C29H26ClO4P.Na/c30-26-13-11-23(12-14-26)20-25(19-22-7-3-1-4-8-22)28(31)29(21-24-9-5-2-6-10-24)17-15-27(16-18-29)34-35(32)33;/h1-18,25,27H,19-21H2;/q;+1. The van der Waals surface area contributed by atoms with Crippen LogP contribution in [0.25, 0.3) is 0 Å². The molecule has 4 nitrogen and oxygen atoms in total. The fraction of sp³-hybridized carbons (Fsp3) is 0.207. The molecule has 0 fully saturated rings. The molecule has 0 aromatic heterocycles. The largest absolute Gasteiger partial charge is 1.00 e. The number of Topliss-reactive ketones (excluding diaryl/α,β-unsaturated/α-hetero) is 1. The maximum absolute atomic E-state index is 14.3. The molecule has 3 aromatic rings. The maximum Gasteiger partial charge on any atom is 1.00 e. The van der Waals surface area contributed by atoms with Gasteiger partial charge in [0.05, 0.1) is 5.41 Å². The van der Waals surface area contributed by atoms with E-state index in [0.717, 1.165) is 16.7 Å². The first-order valence-corrected chi connectivity index (χ1v) is 13.0. The molecule has 0 radical (unpaired) electrons. The molecular formula is C29H26ClNaO4P+. The summed E-state index contributed by atoms with van der Waals surface area (Å²) in [5.74, 6) is -0.220. The molecule has 0 saturated carbocycles. The Bertz CT molecular complexity index is 1200. The summed E-state index contributed by atoms with van der Waals surface area (Å²) in [7, 11) is -3.00. The number of carbonyl (C=O) groups is 1. The van der Waals surface area contributed by atoms with E-state index in [1.165, 1.54) is 0 Å². The van der Waals surface area contributed by atoms with Crippen LogP contribution >= 0.6 is 19.9 Å². The summed E-state index contributed by atoms with van der Waals surface area (Å²) in [4.78, 5) is 25.4. The number of rotatable bonds is 10. The second kappa shape index (κ2) is 13.6. The first-order valence-electron chi connectivity index (χ1n) is 11.5. The average molecular weight is 528 g/mol. The van der Waals surface area contributed by atoms with Crippen molar-refractivity contribution in [1.82, 2.24) is 0 Å². The zero-order valence-corrected chi connectivity index (χ0v) is 23.8. The summed E-state index contributed by atoms with van der Waals surface area (Å²) in [5.41, 5.74) is 2.23. The van der Waals surface area contributed by atoms with E-state index in [4.69, 9.17) is 16.1 Å². The minimum atomic E-state index is -3.00. The van der Waals surface area contributed by atoms with Crippen LogP contribution in [0.2, 0.25) is 5.02 Å². The van der Waals surface area contributed by atoms with Crippen LogP contribution in [0.3, 0.4) is 0 Å². The third-order valence-corrected chi connectivity index (χ3v) is 6.93. The molecule has 7 heteroatoms. The fourth-order valence-corrected chi connectivity index (χ4v) is 5.03. The molecule has 0 spiro atoms. The Labute approximate surface area is 240 Å². The molecule has 1 aliphatic rings. The summed E-state index contributed by atoms with van der Waals surface area (Å²) in [6, 6.07) is 27.4. The first kappa shape index (κ1) is 28.7. The zero-order valence-electron chi connectivity index (χ0n) is 20.1. The van der Waals surface area contributed by atoms with Crippen LogP contribution in [0.1, 0.15) is 16.7 Å². The van der Waals surface area contributed by atoms with Crippen molar-refractivity contribution in [2.75, 3.05) is 0 Å². The Hall–Kier alpha value is -1.88. The third kappa shape index (κ3) is 7.81. The normalized spacial score (nSPS) is 19.8. The Morgan fingerprint density at radius 2 is 1.36 bits per heavy atom. The molecule has 2 atom stereocenters. The van der Waals surface area contributed by atoms with Crippen LogP contribution in [0.4, 0.5) is 0 Å². The summed E-state index contributed by atoms with van der Waals surface area (Å²) >= 11 is 6.08. The Morgan fingerprint density at radius 1 is 0.861 bits per heavy atom. The van der Waals surface area contributed by atoms with Gasteiger partial charge in [-0.1, -0.05) is 96.5 Å². The molecule has 0 aliphatic heterocycles. The van der Waals surface area contributed by atoms with Crippen molar-refractivity contribution in [2.45, 2.75) is 25.4 Å². The van der Waals surface area contributed by atoms with Gasteiger partial charge in [-0.15, -0.1) is 4.52 Å². The number of hydrogen-bond donors (Lipinski definition) is 0. The second-order valence-electron chi connectivity index (χ2n) is 8.80. The summed E-state index contributed by atoms with van der Waals surface area (Å²) < 4.78 is 16.0. The first-order chi connectivity index (χ1) is 16.9. The molecule has 4 rings (SSSR count). The van der Waals surface area contributed by atoms with Gasteiger partial charge in [0.2, 0.25) is 0 Å². The van der Waals surface area contributed by atoms with Crippen molar-refractivity contribution >= 4 is 25.6 Å². The monoisotopic (exact) mass is 527 g/mol. The van der Waals surface area contributed by atoms with Crippen molar-refractivity contribution in [3.8, 4) is 0 Å². The topological polar surface area (TPSA) is 66.4 Å². The molecule has 0 heterocycles. The van der Waals surface area contributed by atoms with E-state index in [2.05, 4.69) is 0 Å². The second-order valence-corrected chi connectivity index (χ2v) is 9.89. The van der Waals surface area contributed by atoms with Gasteiger partial charge in [-0.3, -0.25) is 4.79 Å². The van der Waals surface area contributed by atoms with Crippen LogP contribution in [-0.2, 0) is 33.1 Å². The van der Waals surface area contributed by atoms with Gasteiger partial charge >= 0.3 is 37.8 Å². The van der Waals surface area contributed by atoms with Crippen molar-refractivity contribution in [1.29, 1.82) is 0 Å². The van der Waals surface area contributed by atoms with Gasteiger partial charge in [0, 0.05) is 10.9 Å². The SMILES string of the molecule is O=C(C(Cc1ccccc1)Cc1ccc(Cl)cc1)C1(Cc2ccccc2)C=CC(O[P+](=O)[O-])C=C1.[Na+]. The maximum atomic E-state index is 14.3. The molecule has 178 valence electrons. The number of allylic oxidation sites excluding steroid dienone is 2. The van der Waals surface area contributed by atoms with E-state index < -0.39 is 19.8 Å². The number of ketones is 1. The Morgan fingerprint density at radius 3 is 1.89 bits per heavy atom. The molecule has 0 amide bonds. The Balaban J connectivity index is 0.00000361. The molecule has 2 unspecified atom stereocenters. The van der Waals surface area contributed by atoms with Crippen molar-refractivity contribution < 1.29 is 48.3 Å². The molecule has 1 aliphatic carbocycles. The van der Waals surface area contributed by atoms with Crippen LogP contribution in [-0.4, -0.2) is 11.9 Å². The van der Waals surface area contributed by atoms with Crippen molar-refractivity contribution in [3.05, 3.63) is 131 Å². The summed E-state index contributed by atoms with van der Waals surface area (Å²) in [6.45, 7) is 0. The summed E-state index contributed by atoms with van der Waals surface area (Å²) in [5, 5.41) is 0.654. The van der Waals surface area contributed by atoms with Gasteiger partial charge in [-0.05, 0) is 64.8 Å². The van der Waals surface area contributed by atoms with Crippen LogP contribution in [0, 0.1) is 11.3 Å². The molecule has 0 bridgehead atoms. The van der Waals surface area contributed by atoms with Gasteiger partial charge in [-0.25, -0.2) is 0 Å². The van der Waals surface area contributed by atoms with E-state index in [-0.39, 0.29) is 41.3 Å². The number of halogens is 1. The van der Waals surface area contributed by atoms with Gasteiger partial charge in [-0.2, -0.15) is 0 Å². The van der Waals surface area contributed by atoms with E-state index >= 15 is 0 Å². The van der Waals surface area contributed by atoms with Gasteiger partial charge in [0.15, 0.2) is 5.78 Å². The average Bonchev–Trinajstić information content (AvgIpc) is 2.87. The molecular weight excluding hydrogens is 502 g/mol. The van der Waals surface area contributed by atoms with Gasteiger partial charge < -0.3 is 4.89 Å².